The van der Waals surface area contributed by atoms with Crippen molar-refractivity contribution in [3.8, 4) is 0 Å². The molecule has 1 fully saturated rings. The first kappa shape index (κ1) is 18.7. The number of hydrogen-bond donors (Lipinski definition) is 3. The van der Waals surface area contributed by atoms with Gasteiger partial charge in [-0.05, 0) is 42.6 Å². The number of thiophene rings is 1. The molecule has 1 aliphatic rings. The van der Waals surface area contributed by atoms with Crippen molar-refractivity contribution >= 4 is 45.4 Å². The monoisotopic (exact) mass is 387 g/mol. The van der Waals surface area contributed by atoms with E-state index < -0.39 is 10.0 Å². The summed E-state index contributed by atoms with van der Waals surface area (Å²) >= 11 is 1.14. The lowest BCUT2D eigenvalue weighted by Gasteiger charge is -2.12. The number of sulfonamides is 1. The molecule has 2 aromatic rings. The fourth-order valence-corrected chi connectivity index (χ4v) is 4.43. The zero-order chi connectivity index (χ0) is 16.3. The first-order valence-corrected chi connectivity index (χ1v) is 9.59. The maximum Gasteiger partial charge on any atom is 0.271 e. The third kappa shape index (κ3) is 4.47. The van der Waals surface area contributed by atoms with E-state index in [-0.39, 0.29) is 28.6 Å². The summed E-state index contributed by atoms with van der Waals surface area (Å²) in [5.74, 6) is -0.198. The van der Waals surface area contributed by atoms with Gasteiger partial charge in [0, 0.05) is 23.8 Å². The second-order valence-electron chi connectivity index (χ2n) is 5.28. The molecular weight excluding hydrogens is 370 g/mol. The van der Waals surface area contributed by atoms with Crippen LogP contribution in [-0.4, -0.2) is 33.5 Å². The van der Waals surface area contributed by atoms with Crippen LogP contribution in [-0.2, 0) is 10.0 Å². The number of benzene rings is 1. The van der Waals surface area contributed by atoms with Gasteiger partial charge >= 0.3 is 0 Å². The second kappa shape index (κ2) is 7.98. The molecule has 0 radical (unpaired) electrons. The second-order valence-corrected chi connectivity index (χ2v) is 8.14. The van der Waals surface area contributed by atoms with Gasteiger partial charge in [-0.1, -0.05) is 12.1 Å². The Kier molecular flexibility index (Phi) is 6.22. The Hall–Kier alpha value is -1.61. The number of anilines is 1. The molecule has 1 aromatic heterocycles. The quantitative estimate of drug-likeness (QED) is 0.732. The average Bonchev–Trinajstić information content (AvgIpc) is 3.20. The first-order valence-electron chi connectivity index (χ1n) is 7.22. The number of carbonyl (C=O) groups excluding carboxylic acids is 1. The maximum absolute atomic E-state index is 12.2. The van der Waals surface area contributed by atoms with Crippen LogP contribution in [0.25, 0.3) is 0 Å². The smallest absolute Gasteiger partial charge is 0.271 e. The molecule has 1 atom stereocenters. The van der Waals surface area contributed by atoms with E-state index >= 15 is 0 Å². The number of carbonyl (C=O) groups is 1. The molecular formula is C15H18ClN3O3S2. The molecule has 1 saturated heterocycles. The Morgan fingerprint density at radius 2 is 2.08 bits per heavy atom. The number of halogens is 1. The Morgan fingerprint density at radius 1 is 1.25 bits per heavy atom. The van der Waals surface area contributed by atoms with Gasteiger partial charge in [0.05, 0.1) is 0 Å². The topological polar surface area (TPSA) is 87.3 Å². The lowest BCUT2D eigenvalue weighted by molar-refractivity contribution is 0.0940. The first-order chi connectivity index (χ1) is 11.0. The zero-order valence-corrected chi connectivity index (χ0v) is 15.1. The fourth-order valence-electron chi connectivity index (χ4n) is 2.39. The molecule has 2 heterocycles. The van der Waals surface area contributed by atoms with Crippen molar-refractivity contribution < 1.29 is 13.2 Å². The standard InChI is InChI=1S/C15H17N3O3S2.ClH/c19-15(17-13-6-7-16-10-13)11-3-1-4-12(9-11)18-23(20,21)14-5-2-8-22-14;/h1-5,8-9,13,16,18H,6-7,10H2,(H,17,19);1H. The number of hydrogen-bond acceptors (Lipinski definition) is 5. The summed E-state index contributed by atoms with van der Waals surface area (Å²) in [4.78, 5) is 12.2. The molecule has 1 aliphatic heterocycles. The highest BCUT2D eigenvalue weighted by molar-refractivity contribution is 7.94. The van der Waals surface area contributed by atoms with E-state index in [2.05, 4.69) is 15.4 Å². The number of amides is 1. The Bertz CT molecular complexity index is 788. The Balaban J connectivity index is 0.00000208. The molecule has 24 heavy (non-hydrogen) atoms. The van der Waals surface area contributed by atoms with E-state index in [0.717, 1.165) is 30.8 Å². The van der Waals surface area contributed by atoms with Crippen LogP contribution in [0.4, 0.5) is 5.69 Å². The van der Waals surface area contributed by atoms with Gasteiger partial charge in [0.1, 0.15) is 4.21 Å². The van der Waals surface area contributed by atoms with Crippen LogP contribution in [0.15, 0.2) is 46.0 Å². The Labute approximate surface area is 151 Å². The van der Waals surface area contributed by atoms with Crippen LogP contribution in [0.3, 0.4) is 0 Å². The summed E-state index contributed by atoms with van der Waals surface area (Å²) in [7, 11) is -3.61. The molecule has 3 N–H and O–H groups in total. The van der Waals surface area contributed by atoms with Gasteiger partial charge in [-0.3, -0.25) is 9.52 Å². The number of nitrogens with one attached hydrogen (secondary N) is 3. The largest absolute Gasteiger partial charge is 0.348 e. The van der Waals surface area contributed by atoms with Crippen molar-refractivity contribution in [2.24, 2.45) is 0 Å². The van der Waals surface area contributed by atoms with Crippen LogP contribution < -0.4 is 15.4 Å². The van der Waals surface area contributed by atoms with Gasteiger partial charge in [-0.15, -0.1) is 23.7 Å². The minimum absolute atomic E-state index is 0. The third-order valence-corrected chi connectivity index (χ3v) is 6.31. The number of rotatable bonds is 5. The van der Waals surface area contributed by atoms with Crippen LogP contribution in [0.5, 0.6) is 0 Å². The minimum atomic E-state index is -3.61. The van der Waals surface area contributed by atoms with E-state index in [1.807, 2.05) is 0 Å². The molecule has 0 bridgehead atoms. The van der Waals surface area contributed by atoms with Crippen LogP contribution in [0.2, 0.25) is 0 Å². The van der Waals surface area contributed by atoms with Crippen molar-refractivity contribution in [3.63, 3.8) is 0 Å². The molecule has 1 unspecified atom stereocenters. The molecule has 1 aromatic carbocycles. The van der Waals surface area contributed by atoms with E-state index in [0.29, 0.717) is 11.3 Å². The van der Waals surface area contributed by atoms with Crippen molar-refractivity contribution in [1.29, 1.82) is 0 Å². The van der Waals surface area contributed by atoms with Crippen molar-refractivity contribution in [2.75, 3.05) is 17.8 Å². The van der Waals surface area contributed by atoms with Gasteiger partial charge < -0.3 is 10.6 Å². The van der Waals surface area contributed by atoms with Crippen LogP contribution in [0.1, 0.15) is 16.8 Å². The van der Waals surface area contributed by atoms with Gasteiger partial charge in [0.2, 0.25) is 0 Å². The average molecular weight is 388 g/mol. The van der Waals surface area contributed by atoms with Crippen LogP contribution in [0, 0.1) is 0 Å². The summed E-state index contributed by atoms with van der Waals surface area (Å²) in [6.45, 7) is 1.65. The molecule has 0 spiro atoms. The van der Waals surface area contributed by atoms with E-state index in [9.17, 15) is 13.2 Å². The van der Waals surface area contributed by atoms with Crippen LogP contribution >= 0.6 is 23.7 Å². The molecule has 9 heteroatoms. The van der Waals surface area contributed by atoms with Gasteiger partial charge in [-0.25, -0.2) is 8.42 Å². The van der Waals surface area contributed by atoms with Gasteiger partial charge in [-0.2, -0.15) is 0 Å². The van der Waals surface area contributed by atoms with Crippen molar-refractivity contribution in [2.45, 2.75) is 16.7 Å². The van der Waals surface area contributed by atoms with Crippen molar-refractivity contribution in [1.82, 2.24) is 10.6 Å². The highest BCUT2D eigenvalue weighted by Crippen LogP contribution is 2.20. The molecule has 6 nitrogen and oxygen atoms in total. The molecule has 130 valence electrons. The summed E-state index contributed by atoms with van der Waals surface area (Å²) in [6.07, 6.45) is 0.899. The zero-order valence-electron chi connectivity index (χ0n) is 12.7. The maximum atomic E-state index is 12.2. The highest BCUT2D eigenvalue weighted by Gasteiger charge is 2.19. The van der Waals surface area contributed by atoms with Crippen molar-refractivity contribution in [3.05, 3.63) is 47.3 Å². The predicted molar refractivity (Wildman–Crippen MR) is 97.6 cm³/mol. The molecule has 0 aliphatic carbocycles. The molecule has 1 amide bonds. The Morgan fingerprint density at radius 3 is 2.75 bits per heavy atom. The van der Waals surface area contributed by atoms with E-state index in [1.54, 1.807) is 35.7 Å². The normalized spacial score (nSPS) is 17.1. The summed E-state index contributed by atoms with van der Waals surface area (Å²) in [5.41, 5.74) is 0.805. The van der Waals surface area contributed by atoms with E-state index in [1.165, 1.54) is 6.07 Å². The van der Waals surface area contributed by atoms with Gasteiger partial charge in [0.25, 0.3) is 15.9 Å². The summed E-state index contributed by atoms with van der Waals surface area (Å²) in [5, 5.41) is 7.82. The lowest BCUT2D eigenvalue weighted by atomic mass is 10.1. The van der Waals surface area contributed by atoms with E-state index in [4.69, 9.17) is 0 Å². The minimum Gasteiger partial charge on any atom is -0.348 e. The molecule has 0 saturated carbocycles. The fraction of sp³-hybridized carbons (Fsp3) is 0.267. The van der Waals surface area contributed by atoms with Gasteiger partial charge in [0.15, 0.2) is 0 Å². The summed E-state index contributed by atoms with van der Waals surface area (Å²) in [6, 6.07) is 9.83. The highest BCUT2D eigenvalue weighted by atomic mass is 35.5. The summed E-state index contributed by atoms with van der Waals surface area (Å²) < 4.78 is 27.2. The predicted octanol–water partition coefficient (Wildman–Crippen LogP) is 2.06. The SMILES string of the molecule is Cl.O=C(NC1CCNC1)c1cccc(NS(=O)(=O)c2cccs2)c1. The third-order valence-electron chi connectivity index (χ3n) is 3.53. The lowest BCUT2D eigenvalue weighted by Crippen LogP contribution is -2.36. The molecule has 3 rings (SSSR count).